The lowest BCUT2D eigenvalue weighted by Crippen LogP contribution is -2.30. The predicted molar refractivity (Wildman–Crippen MR) is 71.4 cm³/mol. The Morgan fingerprint density at radius 2 is 1.94 bits per heavy atom. The van der Waals surface area contributed by atoms with Crippen LogP contribution >= 0.6 is 11.6 Å². The molecule has 0 aliphatic carbocycles. The largest absolute Gasteiger partial charge is 0.328 e. The second-order valence-corrected chi connectivity index (χ2v) is 4.69. The molecule has 1 rings (SSSR count). The van der Waals surface area contributed by atoms with Crippen LogP contribution in [0.2, 0.25) is 5.02 Å². The number of amides is 2. The number of hydrogen-bond acceptors (Lipinski definition) is 3. The van der Waals surface area contributed by atoms with Crippen molar-refractivity contribution in [2.75, 3.05) is 0 Å². The van der Waals surface area contributed by atoms with Gasteiger partial charge in [0.1, 0.15) is 0 Å². The first-order valence-corrected chi connectivity index (χ1v) is 6.22. The van der Waals surface area contributed by atoms with Crippen LogP contribution in [0.25, 0.3) is 0 Å². The van der Waals surface area contributed by atoms with Gasteiger partial charge in [0.2, 0.25) is 5.91 Å². The summed E-state index contributed by atoms with van der Waals surface area (Å²) in [7, 11) is 0. The molecule has 0 fully saturated rings. The van der Waals surface area contributed by atoms with Crippen LogP contribution in [0.5, 0.6) is 0 Å². The van der Waals surface area contributed by atoms with Gasteiger partial charge in [0.15, 0.2) is 0 Å². The first kappa shape index (κ1) is 14.7. The highest BCUT2D eigenvalue weighted by Crippen LogP contribution is 2.09. The zero-order chi connectivity index (χ0) is 13.5. The number of halogens is 1. The van der Waals surface area contributed by atoms with Gasteiger partial charge in [-0.05, 0) is 44.0 Å². The molecule has 0 spiro atoms. The van der Waals surface area contributed by atoms with Gasteiger partial charge in [-0.25, -0.2) is 0 Å². The summed E-state index contributed by atoms with van der Waals surface area (Å²) in [5.74, 6) is -0.687. The summed E-state index contributed by atoms with van der Waals surface area (Å²) in [5, 5.41) is 2.88. The predicted octanol–water partition coefficient (Wildman–Crippen LogP) is 2.11. The van der Waals surface area contributed by atoms with Crippen molar-refractivity contribution in [1.82, 2.24) is 5.32 Å². The van der Waals surface area contributed by atoms with Crippen molar-refractivity contribution in [3.05, 3.63) is 34.9 Å². The Morgan fingerprint density at radius 1 is 1.33 bits per heavy atom. The van der Waals surface area contributed by atoms with E-state index in [1.54, 1.807) is 24.3 Å². The monoisotopic (exact) mass is 268 g/mol. The molecule has 1 aromatic rings. The van der Waals surface area contributed by atoms with Crippen molar-refractivity contribution in [2.24, 2.45) is 5.73 Å². The van der Waals surface area contributed by atoms with E-state index < -0.39 is 5.91 Å². The maximum atomic E-state index is 11.7. The highest BCUT2D eigenvalue weighted by molar-refractivity contribution is 6.30. The van der Waals surface area contributed by atoms with E-state index in [1.807, 2.05) is 6.92 Å². The zero-order valence-corrected chi connectivity index (χ0v) is 11.0. The molecule has 98 valence electrons. The summed E-state index contributed by atoms with van der Waals surface area (Å²) >= 11 is 5.71. The summed E-state index contributed by atoms with van der Waals surface area (Å²) in [5.41, 5.74) is 5.99. The number of imide groups is 1. The van der Waals surface area contributed by atoms with Crippen molar-refractivity contribution in [3.8, 4) is 0 Å². The second kappa shape index (κ2) is 7.13. The van der Waals surface area contributed by atoms with Crippen molar-refractivity contribution in [3.63, 3.8) is 0 Å². The minimum Gasteiger partial charge on any atom is -0.328 e. The Balaban J connectivity index is 2.40. The average molecular weight is 269 g/mol. The van der Waals surface area contributed by atoms with E-state index in [-0.39, 0.29) is 11.9 Å². The number of benzene rings is 1. The van der Waals surface area contributed by atoms with Crippen molar-refractivity contribution in [2.45, 2.75) is 32.2 Å². The minimum absolute atomic E-state index is 0.0739. The van der Waals surface area contributed by atoms with E-state index in [0.717, 1.165) is 6.42 Å². The summed E-state index contributed by atoms with van der Waals surface area (Å²) in [6, 6.07) is 6.44. The molecule has 0 heterocycles. The Morgan fingerprint density at radius 3 is 2.50 bits per heavy atom. The first-order chi connectivity index (χ1) is 8.49. The van der Waals surface area contributed by atoms with Gasteiger partial charge >= 0.3 is 0 Å². The molecule has 18 heavy (non-hydrogen) atoms. The Bertz CT molecular complexity index is 416. The third kappa shape index (κ3) is 5.29. The van der Waals surface area contributed by atoms with Crippen molar-refractivity contribution in [1.29, 1.82) is 0 Å². The fourth-order valence-corrected chi connectivity index (χ4v) is 1.57. The van der Waals surface area contributed by atoms with Crippen LogP contribution in [0.4, 0.5) is 0 Å². The van der Waals surface area contributed by atoms with Crippen molar-refractivity contribution < 1.29 is 9.59 Å². The number of hydrogen-bond donors (Lipinski definition) is 2. The van der Waals surface area contributed by atoms with Gasteiger partial charge < -0.3 is 5.73 Å². The Labute approximate surface area is 112 Å². The van der Waals surface area contributed by atoms with E-state index in [9.17, 15) is 9.59 Å². The van der Waals surface area contributed by atoms with E-state index in [4.69, 9.17) is 17.3 Å². The smallest absolute Gasteiger partial charge is 0.257 e. The molecule has 0 bridgehead atoms. The molecular formula is C13H17ClN2O2. The van der Waals surface area contributed by atoms with Gasteiger partial charge in [0, 0.05) is 23.0 Å². The summed E-state index contributed by atoms with van der Waals surface area (Å²) in [6.07, 6.45) is 1.75. The lowest BCUT2D eigenvalue weighted by Gasteiger charge is -2.06. The Hall–Kier alpha value is -1.39. The molecule has 0 saturated carbocycles. The summed E-state index contributed by atoms with van der Waals surface area (Å²) in [6.45, 7) is 1.89. The van der Waals surface area contributed by atoms with E-state index in [1.165, 1.54) is 0 Å². The Kier molecular flexibility index (Phi) is 5.82. The fraction of sp³-hybridized carbons (Fsp3) is 0.385. The molecule has 0 saturated heterocycles. The zero-order valence-electron chi connectivity index (χ0n) is 10.3. The van der Waals surface area contributed by atoms with Gasteiger partial charge in [0.05, 0.1) is 0 Å². The van der Waals surface area contributed by atoms with Gasteiger partial charge in [-0.15, -0.1) is 0 Å². The third-order valence-electron chi connectivity index (χ3n) is 2.42. The van der Waals surface area contributed by atoms with E-state index in [2.05, 4.69) is 5.32 Å². The normalized spacial score (nSPS) is 11.9. The standard InChI is InChI=1S/C13H17ClN2O2/c1-9(15)3-2-4-12(17)16-13(18)10-5-7-11(14)8-6-10/h5-9H,2-4,15H2,1H3,(H,16,17,18). The van der Waals surface area contributed by atoms with Crippen LogP contribution in [-0.4, -0.2) is 17.9 Å². The summed E-state index contributed by atoms with van der Waals surface area (Å²) < 4.78 is 0. The first-order valence-electron chi connectivity index (χ1n) is 5.84. The maximum absolute atomic E-state index is 11.7. The second-order valence-electron chi connectivity index (χ2n) is 4.25. The van der Waals surface area contributed by atoms with Crippen LogP contribution in [0.15, 0.2) is 24.3 Å². The fourth-order valence-electron chi connectivity index (χ4n) is 1.45. The molecule has 1 unspecified atom stereocenters. The molecular weight excluding hydrogens is 252 g/mol. The lowest BCUT2D eigenvalue weighted by molar-refractivity contribution is -0.120. The third-order valence-corrected chi connectivity index (χ3v) is 2.67. The van der Waals surface area contributed by atoms with Crippen LogP contribution in [0, 0.1) is 0 Å². The molecule has 0 aromatic heterocycles. The van der Waals surface area contributed by atoms with Gasteiger partial charge in [-0.1, -0.05) is 11.6 Å². The molecule has 1 atom stereocenters. The number of carbonyl (C=O) groups excluding carboxylic acids is 2. The van der Waals surface area contributed by atoms with Gasteiger partial charge in [0.25, 0.3) is 5.91 Å². The summed E-state index contributed by atoms with van der Waals surface area (Å²) in [4.78, 5) is 23.1. The molecule has 0 radical (unpaired) electrons. The van der Waals surface area contributed by atoms with Gasteiger partial charge in [-0.2, -0.15) is 0 Å². The number of carbonyl (C=O) groups is 2. The number of nitrogens with one attached hydrogen (secondary N) is 1. The quantitative estimate of drug-likeness (QED) is 0.859. The highest BCUT2D eigenvalue weighted by atomic mass is 35.5. The molecule has 0 aliphatic heterocycles. The molecule has 3 N–H and O–H groups in total. The van der Waals surface area contributed by atoms with E-state index in [0.29, 0.717) is 23.4 Å². The topological polar surface area (TPSA) is 72.2 Å². The highest BCUT2D eigenvalue weighted by Gasteiger charge is 2.10. The number of rotatable bonds is 5. The molecule has 4 nitrogen and oxygen atoms in total. The molecule has 2 amide bonds. The maximum Gasteiger partial charge on any atom is 0.257 e. The molecule has 0 aliphatic rings. The lowest BCUT2D eigenvalue weighted by atomic mass is 10.1. The van der Waals surface area contributed by atoms with Crippen LogP contribution < -0.4 is 11.1 Å². The van der Waals surface area contributed by atoms with Crippen molar-refractivity contribution >= 4 is 23.4 Å². The van der Waals surface area contributed by atoms with Crippen LogP contribution in [0.1, 0.15) is 36.5 Å². The SMILES string of the molecule is CC(N)CCCC(=O)NC(=O)c1ccc(Cl)cc1. The average Bonchev–Trinajstić information content (AvgIpc) is 2.29. The van der Waals surface area contributed by atoms with Gasteiger partial charge in [-0.3, -0.25) is 14.9 Å². The number of nitrogens with two attached hydrogens (primary N) is 1. The van der Waals surface area contributed by atoms with Crippen LogP contribution in [0.3, 0.4) is 0 Å². The molecule has 1 aromatic carbocycles. The van der Waals surface area contributed by atoms with E-state index >= 15 is 0 Å². The van der Waals surface area contributed by atoms with Crippen LogP contribution in [-0.2, 0) is 4.79 Å². The molecule has 5 heteroatoms. The minimum atomic E-state index is -0.405.